The maximum Gasteiger partial charge on any atom is 0.0647 e. The molecular weight excluding hydrogens is 270 g/mol. The van der Waals surface area contributed by atoms with E-state index in [-0.39, 0.29) is 17.2 Å². The van der Waals surface area contributed by atoms with Crippen LogP contribution in [-0.4, -0.2) is 35.2 Å². The van der Waals surface area contributed by atoms with Crippen molar-refractivity contribution < 1.29 is 4.74 Å². The molecule has 132 valence electrons. The molecule has 1 rings (SSSR count). The lowest BCUT2D eigenvalue weighted by atomic mass is 9.76. The topological polar surface area (TPSA) is 12.5 Å². The summed E-state index contributed by atoms with van der Waals surface area (Å²) in [7, 11) is 0. The molecule has 2 heteroatoms. The molecule has 1 aliphatic rings. The first kappa shape index (κ1) is 20.0. The molecule has 0 aliphatic carbocycles. The Morgan fingerprint density at radius 2 is 1.68 bits per heavy atom. The van der Waals surface area contributed by atoms with Crippen LogP contribution < -0.4 is 0 Å². The summed E-state index contributed by atoms with van der Waals surface area (Å²) >= 11 is 0. The van der Waals surface area contributed by atoms with Crippen molar-refractivity contribution in [3.8, 4) is 0 Å². The quantitative estimate of drug-likeness (QED) is 0.627. The Kier molecular flexibility index (Phi) is 6.18. The molecule has 2 unspecified atom stereocenters. The van der Waals surface area contributed by atoms with Crippen molar-refractivity contribution in [2.75, 3.05) is 13.1 Å². The molecule has 1 aliphatic heterocycles. The van der Waals surface area contributed by atoms with E-state index in [0.717, 1.165) is 18.3 Å². The van der Waals surface area contributed by atoms with Crippen LogP contribution >= 0.6 is 0 Å². The maximum atomic E-state index is 6.19. The van der Waals surface area contributed by atoms with Gasteiger partial charge in [0.05, 0.1) is 11.7 Å². The predicted octanol–water partition coefficient (Wildman–Crippen LogP) is 5.36. The van der Waals surface area contributed by atoms with E-state index < -0.39 is 0 Å². The summed E-state index contributed by atoms with van der Waals surface area (Å²) in [4.78, 5) is 2.75. The summed E-state index contributed by atoms with van der Waals surface area (Å²) in [6.45, 7) is 25.6. The molecule has 0 N–H and O–H groups in total. The Morgan fingerprint density at radius 1 is 1.14 bits per heavy atom. The zero-order valence-corrected chi connectivity index (χ0v) is 16.9. The van der Waals surface area contributed by atoms with Gasteiger partial charge in [-0.05, 0) is 64.7 Å². The third kappa shape index (κ3) is 4.71. The standard InChI is InChI=1S/C20H41NO/c1-11-20(10,13-19(8,9)22-16(4)5)21-12-17(15(2)3)18(6,7)14-21/h15-17H,11-14H2,1-10H3. The van der Waals surface area contributed by atoms with Gasteiger partial charge in [0.25, 0.3) is 0 Å². The highest BCUT2D eigenvalue weighted by atomic mass is 16.5. The third-order valence-electron chi connectivity index (χ3n) is 5.71. The first-order valence-electron chi connectivity index (χ1n) is 9.26. The van der Waals surface area contributed by atoms with Gasteiger partial charge in [0.1, 0.15) is 0 Å². The molecule has 0 aromatic heterocycles. The molecule has 0 bridgehead atoms. The molecule has 1 saturated heterocycles. The highest BCUT2D eigenvalue weighted by molar-refractivity contribution is 5.00. The van der Waals surface area contributed by atoms with Gasteiger partial charge >= 0.3 is 0 Å². The van der Waals surface area contributed by atoms with E-state index in [4.69, 9.17) is 4.74 Å². The fourth-order valence-corrected chi connectivity index (χ4v) is 4.74. The van der Waals surface area contributed by atoms with Crippen LogP contribution in [0.25, 0.3) is 0 Å². The Hall–Kier alpha value is -0.0800. The normalized spacial score (nSPS) is 25.9. The lowest BCUT2D eigenvalue weighted by molar-refractivity contribution is -0.0887. The van der Waals surface area contributed by atoms with Crippen LogP contribution in [0, 0.1) is 17.3 Å². The molecule has 2 atom stereocenters. The number of likely N-dealkylation sites (tertiary alicyclic amines) is 1. The Balaban J connectivity index is 2.91. The van der Waals surface area contributed by atoms with Gasteiger partial charge in [0, 0.05) is 18.6 Å². The van der Waals surface area contributed by atoms with Crippen LogP contribution in [0.3, 0.4) is 0 Å². The largest absolute Gasteiger partial charge is 0.373 e. The molecule has 0 radical (unpaired) electrons. The number of rotatable bonds is 7. The molecule has 1 heterocycles. The Morgan fingerprint density at radius 3 is 2.05 bits per heavy atom. The molecule has 0 amide bonds. The summed E-state index contributed by atoms with van der Waals surface area (Å²) in [6.07, 6.45) is 2.56. The summed E-state index contributed by atoms with van der Waals surface area (Å²) in [5.74, 6) is 1.54. The van der Waals surface area contributed by atoms with Crippen LogP contribution in [0.5, 0.6) is 0 Å². The number of ether oxygens (including phenoxy) is 1. The van der Waals surface area contributed by atoms with Crippen molar-refractivity contribution in [2.24, 2.45) is 17.3 Å². The van der Waals surface area contributed by atoms with Crippen LogP contribution in [0.2, 0.25) is 0 Å². The fourth-order valence-electron chi connectivity index (χ4n) is 4.74. The van der Waals surface area contributed by atoms with E-state index in [1.165, 1.54) is 19.5 Å². The number of hydrogen-bond acceptors (Lipinski definition) is 2. The molecule has 22 heavy (non-hydrogen) atoms. The van der Waals surface area contributed by atoms with E-state index in [1.807, 2.05) is 0 Å². The SMILES string of the molecule is CCC(C)(CC(C)(C)OC(C)C)N1CC(C(C)C)C(C)(C)C1. The summed E-state index contributed by atoms with van der Waals surface area (Å²) < 4.78 is 6.19. The van der Waals surface area contributed by atoms with E-state index in [1.54, 1.807) is 0 Å². The summed E-state index contributed by atoms with van der Waals surface area (Å²) in [6, 6.07) is 0. The second-order valence-electron chi connectivity index (χ2n) is 9.67. The number of hydrogen-bond donors (Lipinski definition) is 0. The zero-order chi connectivity index (χ0) is 17.3. The molecule has 1 fully saturated rings. The minimum Gasteiger partial charge on any atom is -0.373 e. The van der Waals surface area contributed by atoms with Gasteiger partial charge in [0.15, 0.2) is 0 Å². The van der Waals surface area contributed by atoms with Crippen molar-refractivity contribution in [1.82, 2.24) is 4.90 Å². The van der Waals surface area contributed by atoms with E-state index in [0.29, 0.717) is 5.41 Å². The van der Waals surface area contributed by atoms with Gasteiger partial charge in [-0.2, -0.15) is 0 Å². The lowest BCUT2D eigenvalue weighted by Gasteiger charge is -2.44. The molecule has 0 saturated carbocycles. The van der Waals surface area contributed by atoms with Gasteiger partial charge in [-0.25, -0.2) is 0 Å². The van der Waals surface area contributed by atoms with Crippen molar-refractivity contribution in [3.05, 3.63) is 0 Å². The zero-order valence-electron chi connectivity index (χ0n) is 16.9. The molecule has 0 aromatic rings. The van der Waals surface area contributed by atoms with Crippen molar-refractivity contribution >= 4 is 0 Å². The maximum absolute atomic E-state index is 6.19. The summed E-state index contributed by atoms with van der Waals surface area (Å²) in [5, 5.41) is 0. The van der Waals surface area contributed by atoms with Crippen LogP contribution in [0.1, 0.15) is 82.1 Å². The highest BCUT2D eigenvalue weighted by Crippen LogP contribution is 2.45. The minimum absolute atomic E-state index is 0.0704. The third-order valence-corrected chi connectivity index (χ3v) is 5.71. The molecular formula is C20H41NO. The van der Waals surface area contributed by atoms with Crippen LogP contribution in [-0.2, 0) is 4.74 Å². The molecule has 2 nitrogen and oxygen atoms in total. The van der Waals surface area contributed by atoms with Crippen molar-refractivity contribution in [1.29, 1.82) is 0 Å². The Labute approximate surface area is 140 Å². The highest BCUT2D eigenvalue weighted by Gasteiger charge is 2.47. The second kappa shape index (κ2) is 6.81. The van der Waals surface area contributed by atoms with Gasteiger partial charge in [0.2, 0.25) is 0 Å². The fraction of sp³-hybridized carbons (Fsp3) is 1.00. The van der Waals surface area contributed by atoms with E-state index >= 15 is 0 Å². The van der Waals surface area contributed by atoms with Gasteiger partial charge in [-0.3, -0.25) is 4.90 Å². The second-order valence-corrected chi connectivity index (χ2v) is 9.67. The molecule has 0 aromatic carbocycles. The van der Waals surface area contributed by atoms with Gasteiger partial charge < -0.3 is 4.74 Å². The average molecular weight is 312 g/mol. The van der Waals surface area contributed by atoms with Crippen molar-refractivity contribution in [3.63, 3.8) is 0 Å². The average Bonchev–Trinajstić information content (AvgIpc) is 2.63. The monoisotopic (exact) mass is 311 g/mol. The number of nitrogens with zero attached hydrogens (tertiary/aromatic N) is 1. The van der Waals surface area contributed by atoms with Gasteiger partial charge in [-0.15, -0.1) is 0 Å². The minimum atomic E-state index is -0.0704. The summed E-state index contributed by atoms with van der Waals surface area (Å²) in [5.41, 5.74) is 0.561. The first-order chi connectivity index (χ1) is 9.83. The van der Waals surface area contributed by atoms with Gasteiger partial charge in [-0.1, -0.05) is 34.6 Å². The van der Waals surface area contributed by atoms with Crippen LogP contribution in [0.15, 0.2) is 0 Å². The predicted molar refractivity (Wildman–Crippen MR) is 97.3 cm³/mol. The smallest absolute Gasteiger partial charge is 0.0647 e. The Bertz CT molecular complexity index is 359. The molecule has 0 spiro atoms. The van der Waals surface area contributed by atoms with Crippen molar-refractivity contribution in [2.45, 2.75) is 99.3 Å². The lowest BCUT2D eigenvalue weighted by Crippen LogP contribution is -2.50. The van der Waals surface area contributed by atoms with E-state index in [2.05, 4.69) is 74.1 Å². The first-order valence-corrected chi connectivity index (χ1v) is 9.26. The van der Waals surface area contributed by atoms with Crippen LogP contribution in [0.4, 0.5) is 0 Å². The van der Waals surface area contributed by atoms with E-state index in [9.17, 15) is 0 Å².